The van der Waals surface area contributed by atoms with Gasteiger partial charge in [-0.05, 0) is 75.3 Å². The Kier molecular flexibility index (Phi) is 14.9. The Balaban J connectivity index is 0.00000217. The summed E-state index contributed by atoms with van der Waals surface area (Å²) in [5, 5.41) is 9.49. The lowest BCUT2D eigenvalue weighted by atomic mass is 9.90. The number of hydrogen-bond acceptors (Lipinski definition) is 2. The standard InChI is InChI=1S/C28H40F3NO2.C3H8/c1-5-6-14-23-15-16-25-26(27(23)24(19-20(2)34)28(29,30)31)21(3)22(4)32(25)17-12-10-8-7-9-11-13-18-33;1-3-2/h15-16,19,33H,5-14,17-18H2,1-4H3;3H2,1-2H3/b24-19+;. The molecule has 0 saturated carbocycles. The summed E-state index contributed by atoms with van der Waals surface area (Å²) in [6.45, 7) is 12.3. The molecule has 6 heteroatoms. The van der Waals surface area contributed by atoms with E-state index in [1.165, 1.54) is 13.3 Å². The van der Waals surface area contributed by atoms with E-state index in [-0.39, 0.29) is 12.2 Å². The Morgan fingerprint density at radius 1 is 0.946 bits per heavy atom. The number of halogens is 3. The van der Waals surface area contributed by atoms with Gasteiger partial charge >= 0.3 is 6.18 Å². The van der Waals surface area contributed by atoms with E-state index in [1.807, 2.05) is 32.9 Å². The highest BCUT2D eigenvalue weighted by Gasteiger charge is 2.38. The molecule has 0 spiro atoms. The Hall–Kier alpha value is -2.08. The number of benzene rings is 1. The van der Waals surface area contributed by atoms with Crippen LogP contribution >= 0.6 is 0 Å². The molecule has 0 radical (unpaired) electrons. The molecular weight excluding hydrogens is 475 g/mol. The van der Waals surface area contributed by atoms with E-state index in [4.69, 9.17) is 5.11 Å². The minimum absolute atomic E-state index is 0.178. The number of rotatable bonds is 14. The number of nitrogens with zero attached hydrogens (tertiary/aromatic N) is 1. The van der Waals surface area contributed by atoms with Crippen molar-refractivity contribution in [2.45, 2.75) is 125 Å². The zero-order valence-corrected chi connectivity index (χ0v) is 23.9. The molecule has 1 N–H and O–H groups in total. The van der Waals surface area contributed by atoms with Crippen molar-refractivity contribution >= 4 is 22.3 Å². The van der Waals surface area contributed by atoms with Gasteiger partial charge in [0.15, 0.2) is 5.78 Å². The summed E-state index contributed by atoms with van der Waals surface area (Å²) in [4.78, 5) is 11.8. The van der Waals surface area contributed by atoms with Crippen LogP contribution < -0.4 is 0 Å². The van der Waals surface area contributed by atoms with Gasteiger partial charge in [0, 0.05) is 29.7 Å². The molecule has 3 nitrogen and oxygen atoms in total. The lowest BCUT2D eigenvalue weighted by Gasteiger charge is -2.18. The van der Waals surface area contributed by atoms with Gasteiger partial charge in [0.25, 0.3) is 0 Å². The predicted molar refractivity (Wildman–Crippen MR) is 150 cm³/mol. The molecule has 0 saturated heterocycles. The summed E-state index contributed by atoms with van der Waals surface area (Å²) in [6, 6.07) is 3.78. The maximum atomic E-state index is 14.2. The third kappa shape index (κ3) is 9.96. The van der Waals surface area contributed by atoms with Crippen LogP contribution in [0, 0.1) is 13.8 Å². The smallest absolute Gasteiger partial charge is 0.396 e. The zero-order valence-electron chi connectivity index (χ0n) is 23.9. The number of alkyl halides is 3. The minimum atomic E-state index is -4.61. The zero-order chi connectivity index (χ0) is 28.0. The van der Waals surface area contributed by atoms with Crippen molar-refractivity contribution in [3.8, 4) is 0 Å². The number of carbonyl (C=O) groups excluding carboxylic acids is 1. The second kappa shape index (κ2) is 16.7. The van der Waals surface area contributed by atoms with Crippen LogP contribution in [-0.4, -0.2) is 28.2 Å². The van der Waals surface area contributed by atoms with Gasteiger partial charge in [-0.3, -0.25) is 4.79 Å². The largest absolute Gasteiger partial charge is 0.417 e. The van der Waals surface area contributed by atoms with Crippen LogP contribution in [0.4, 0.5) is 13.2 Å². The quantitative estimate of drug-likeness (QED) is 0.198. The number of fused-ring (bicyclic) bond motifs is 1. The first-order valence-corrected chi connectivity index (χ1v) is 14.1. The Bertz CT molecular complexity index is 1000. The average Bonchev–Trinajstić information content (AvgIpc) is 3.07. The number of carbonyl (C=O) groups is 1. The van der Waals surface area contributed by atoms with Gasteiger partial charge in [-0.1, -0.05) is 71.8 Å². The number of ketones is 1. The van der Waals surface area contributed by atoms with Crippen LogP contribution in [0.5, 0.6) is 0 Å². The maximum Gasteiger partial charge on any atom is 0.417 e. The number of unbranched alkanes of at least 4 members (excludes halogenated alkanes) is 7. The number of hydrogen-bond donors (Lipinski definition) is 1. The Morgan fingerprint density at radius 3 is 2.03 bits per heavy atom. The topological polar surface area (TPSA) is 42.2 Å². The first-order valence-electron chi connectivity index (χ1n) is 14.1. The fourth-order valence-corrected chi connectivity index (χ4v) is 4.74. The molecule has 0 fully saturated rings. The molecule has 1 aromatic heterocycles. The van der Waals surface area contributed by atoms with Gasteiger partial charge in [0.05, 0.1) is 5.57 Å². The Labute approximate surface area is 222 Å². The highest BCUT2D eigenvalue weighted by molar-refractivity contribution is 6.04. The Morgan fingerprint density at radius 2 is 1.51 bits per heavy atom. The van der Waals surface area contributed by atoms with Crippen LogP contribution in [0.15, 0.2) is 18.2 Å². The van der Waals surface area contributed by atoms with Gasteiger partial charge < -0.3 is 9.67 Å². The molecule has 210 valence electrons. The molecule has 37 heavy (non-hydrogen) atoms. The molecule has 0 aliphatic heterocycles. The molecule has 0 atom stereocenters. The fourth-order valence-electron chi connectivity index (χ4n) is 4.74. The molecular formula is C31H48F3NO2. The summed E-state index contributed by atoms with van der Waals surface area (Å²) < 4.78 is 44.7. The molecule has 0 amide bonds. The normalized spacial score (nSPS) is 12.1. The van der Waals surface area contributed by atoms with Crippen LogP contribution in [-0.2, 0) is 17.8 Å². The van der Waals surface area contributed by atoms with Crippen molar-refractivity contribution < 1.29 is 23.1 Å². The van der Waals surface area contributed by atoms with E-state index in [0.717, 1.165) is 87.2 Å². The first-order chi connectivity index (χ1) is 17.5. The van der Waals surface area contributed by atoms with Crippen molar-refractivity contribution in [2.24, 2.45) is 0 Å². The molecule has 1 aromatic carbocycles. The molecule has 0 aliphatic carbocycles. The van der Waals surface area contributed by atoms with Crippen molar-refractivity contribution in [3.05, 3.63) is 40.6 Å². The van der Waals surface area contributed by atoms with E-state index in [9.17, 15) is 18.0 Å². The van der Waals surface area contributed by atoms with E-state index in [2.05, 4.69) is 18.4 Å². The molecule has 0 aliphatic rings. The van der Waals surface area contributed by atoms with Crippen molar-refractivity contribution in [2.75, 3.05) is 6.61 Å². The van der Waals surface area contributed by atoms with Gasteiger partial charge in [-0.25, -0.2) is 0 Å². The molecule has 0 unspecified atom stereocenters. The van der Waals surface area contributed by atoms with Crippen molar-refractivity contribution in [1.82, 2.24) is 4.57 Å². The van der Waals surface area contributed by atoms with Crippen molar-refractivity contribution in [3.63, 3.8) is 0 Å². The molecule has 2 aromatic rings. The lowest BCUT2D eigenvalue weighted by Crippen LogP contribution is -2.14. The van der Waals surface area contributed by atoms with Gasteiger partial charge in [0.2, 0.25) is 0 Å². The highest BCUT2D eigenvalue weighted by Crippen LogP contribution is 2.42. The fraction of sp³-hybridized carbons (Fsp3) is 0.645. The van der Waals surface area contributed by atoms with E-state index >= 15 is 0 Å². The summed E-state index contributed by atoms with van der Waals surface area (Å²) in [5.41, 5.74) is 2.65. The summed E-state index contributed by atoms with van der Waals surface area (Å²) in [7, 11) is 0. The van der Waals surface area contributed by atoms with E-state index in [0.29, 0.717) is 17.4 Å². The third-order valence-electron chi connectivity index (χ3n) is 6.64. The monoisotopic (exact) mass is 523 g/mol. The number of aromatic nitrogens is 1. The number of aryl methyl sites for hydroxylation is 3. The average molecular weight is 524 g/mol. The van der Waals surface area contributed by atoms with E-state index < -0.39 is 17.5 Å². The SMILES string of the molecule is CCC.CCCCc1ccc2c(c(C)c(C)n2CCCCCCCCCO)c1/C(=C\C(C)=O)C(F)(F)F. The second-order valence-corrected chi connectivity index (χ2v) is 10.0. The van der Waals surface area contributed by atoms with Gasteiger partial charge in [-0.15, -0.1) is 0 Å². The lowest BCUT2D eigenvalue weighted by molar-refractivity contribution is -0.113. The number of allylic oxidation sites excluding steroid dienone is 2. The predicted octanol–water partition coefficient (Wildman–Crippen LogP) is 9.27. The van der Waals surface area contributed by atoms with Gasteiger partial charge in [-0.2, -0.15) is 13.2 Å². The van der Waals surface area contributed by atoms with Crippen molar-refractivity contribution in [1.29, 1.82) is 0 Å². The molecule has 0 bridgehead atoms. The minimum Gasteiger partial charge on any atom is -0.396 e. The number of aliphatic hydroxyl groups excluding tert-OH is 1. The summed E-state index contributed by atoms with van der Waals surface area (Å²) in [6.07, 6.45) is 6.94. The molecule has 1 heterocycles. The van der Waals surface area contributed by atoms with Gasteiger partial charge in [0.1, 0.15) is 0 Å². The maximum absolute atomic E-state index is 14.2. The summed E-state index contributed by atoms with van der Waals surface area (Å²) >= 11 is 0. The first kappa shape index (κ1) is 32.9. The van der Waals surface area contributed by atoms with Crippen LogP contribution in [0.3, 0.4) is 0 Å². The number of aliphatic hydroxyl groups is 1. The van der Waals surface area contributed by atoms with Crippen LogP contribution in [0.2, 0.25) is 0 Å². The summed E-state index contributed by atoms with van der Waals surface area (Å²) in [5.74, 6) is -0.599. The van der Waals surface area contributed by atoms with Crippen LogP contribution in [0.25, 0.3) is 16.5 Å². The third-order valence-corrected chi connectivity index (χ3v) is 6.64. The highest BCUT2D eigenvalue weighted by atomic mass is 19.4. The van der Waals surface area contributed by atoms with Crippen LogP contribution in [0.1, 0.15) is 114 Å². The molecule has 2 rings (SSSR count). The van der Waals surface area contributed by atoms with E-state index in [1.54, 1.807) is 0 Å². The second-order valence-electron chi connectivity index (χ2n) is 10.0.